The highest BCUT2D eigenvalue weighted by atomic mass is 16.1. The molecule has 0 aromatic rings. The van der Waals surface area contributed by atoms with Crippen LogP contribution in [0.3, 0.4) is 0 Å². The molecule has 0 aliphatic heterocycles. The summed E-state index contributed by atoms with van der Waals surface area (Å²) in [5, 5.41) is 3.20. The van der Waals surface area contributed by atoms with Gasteiger partial charge in [0.05, 0.1) is 6.04 Å². The van der Waals surface area contributed by atoms with Crippen LogP contribution in [0, 0.1) is 11.8 Å². The fourth-order valence-electron chi connectivity index (χ4n) is 2.19. The van der Waals surface area contributed by atoms with Crippen LogP contribution in [0.4, 0.5) is 0 Å². The lowest BCUT2D eigenvalue weighted by atomic mass is 9.82. The molecule has 1 saturated carbocycles. The number of rotatable bonds is 4. The Morgan fingerprint density at radius 3 is 2.86 bits per heavy atom. The number of hydrogen-bond acceptors (Lipinski definition) is 2. The first-order valence-electron chi connectivity index (χ1n) is 5.62. The van der Waals surface area contributed by atoms with E-state index in [1.54, 1.807) is 0 Å². The summed E-state index contributed by atoms with van der Waals surface area (Å²) in [4.78, 5) is 10.8. The lowest BCUT2D eigenvalue weighted by Gasteiger charge is -2.27. The zero-order chi connectivity index (χ0) is 10.6. The minimum Gasteiger partial charge on any atom is -0.368 e. The number of carbonyl (C=O) groups excluding carboxylic acids is 1. The number of hydrogen-bond donors (Lipinski definition) is 2. The van der Waals surface area contributed by atoms with Crippen LogP contribution in [0.2, 0.25) is 0 Å². The Hall–Kier alpha value is -0.570. The van der Waals surface area contributed by atoms with Crippen molar-refractivity contribution in [2.75, 3.05) is 6.54 Å². The molecule has 3 atom stereocenters. The van der Waals surface area contributed by atoms with E-state index in [-0.39, 0.29) is 11.9 Å². The van der Waals surface area contributed by atoms with Gasteiger partial charge in [-0.2, -0.15) is 0 Å². The lowest BCUT2D eigenvalue weighted by molar-refractivity contribution is -0.119. The standard InChI is InChI=1S/C11H22N2O/c1-8-4-3-5-10(6-8)7-13-9(2)11(12)14/h8-10,13H,3-7H2,1-2H3,(H2,12,14). The summed E-state index contributed by atoms with van der Waals surface area (Å²) in [6.07, 6.45) is 5.28. The van der Waals surface area contributed by atoms with E-state index in [0.29, 0.717) is 0 Å². The van der Waals surface area contributed by atoms with Crippen molar-refractivity contribution >= 4 is 5.91 Å². The van der Waals surface area contributed by atoms with E-state index < -0.39 is 0 Å². The van der Waals surface area contributed by atoms with Gasteiger partial charge in [0.2, 0.25) is 5.91 Å². The molecule has 1 amide bonds. The van der Waals surface area contributed by atoms with Crippen molar-refractivity contribution in [2.45, 2.75) is 45.6 Å². The molecule has 0 saturated heterocycles. The lowest BCUT2D eigenvalue weighted by Crippen LogP contribution is -2.41. The summed E-state index contributed by atoms with van der Waals surface area (Å²) in [5.74, 6) is 1.33. The molecule has 3 heteroatoms. The quantitative estimate of drug-likeness (QED) is 0.715. The monoisotopic (exact) mass is 198 g/mol. The molecule has 3 N–H and O–H groups in total. The van der Waals surface area contributed by atoms with Crippen LogP contribution in [0.1, 0.15) is 39.5 Å². The zero-order valence-electron chi connectivity index (χ0n) is 9.25. The van der Waals surface area contributed by atoms with Crippen LogP contribution in [0.25, 0.3) is 0 Å². The SMILES string of the molecule is CC1CCCC(CNC(C)C(N)=O)C1. The van der Waals surface area contributed by atoms with Gasteiger partial charge in [-0.05, 0) is 38.1 Å². The van der Waals surface area contributed by atoms with Gasteiger partial charge in [-0.25, -0.2) is 0 Å². The second-order valence-corrected chi connectivity index (χ2v) is 4.67. The summed E-state index contributed by atoms with van der Waals surface area (Å²) in [7, 11) is 0. The number of amides is 1. The molecular weight excluding hydrogens is 176 g/mol. The molecule has 1 aliphatic carbocycles. The molecule has 3 unspecified atom stereocenters. The van der Waals surface area contributed by atoms with Crippen LogP contribution in [0.5, 0.6) is 0 Å². The van der Waals surface area contributed by atoms with Gasteiger partial charge in [0.25, 0.3) is 0 Å². The van der Waals surface area contributed by atoms with Crippen molar-refractivity contribution < 1.29 is 4.79 Å². The summed E-state index contributed by atoms with van der Waals surface area (Å²) in [6.45, 7) is 5.08. The average Bonchev–Trinajstić information content (AvgIpc) is 2.14. The maximum Gasteiger partial charge on any atom is 0.234 e. The normalized spacial score (nSPS) is 29.9. The van der Waals surface area contributed by atoms with Crippen LogP contribution in [-0.4, -0.2) is 18.5 Å². The second-order valence-electron chi connectivity index (χ2n) is 4.67. The van der Waals surface area contributed by atoms with E-state index in [1.807, 2.05) is 6.92 Å². The second kappa shape index (κ2) is 5.35. The molecule has 14 heavy (non-hydrogen) atoms. The number of primary amides is 1. The first-order valence-corrected chi connectivity index (χ1v) is 5.62. The average molecular weight is 198 g/mol. The third-order valence-electron chi connectivity index (χ3n) is 3.18. The molecule has 1 rings (SSSR count). The van der Waals surface area contributed by atoms with Gasteiger partial charge in [-0.15, -0.1) is 0 Å². The molecule has 1 fully saturated rings. The minimum absolute atomic E-state index is 0.188. The first-order chi connectivity index (χ1) is 6.59. The highest BCUT2D eigenvalue weighted by molar-refractivity contribution is 5.79. The Bertz CT molecular complexity index is 194. The third kappa shape index (κ3) is 3.66. The van der Waals surface area contributed by atoms with Crippen LogP contribution < -0.4 is 11.1 Å². The topological polar surface area (TPSA) is 55.1 Å². The molecule has 0 spiro atoms. The molecule has 0 heterocycles. The van der Waals surface area contributed by atoms with Crippen LogP contribution in [0.15, 0.2) is 0 Å². The molecule has 0 aromatic heterocycles. The highest BCUT2D eigenvalue weighted by Gasteiger charge is 2.19. The van der Waals surface area contributed by atoms with Crippen molar-refractivity contribution in [3.63, 3.8) is 0 Å². The molecular formula is C11H22N2O. The van der Waals surface area contributed by atoms with Crippen LogP contribution >= 0.6 is 0 Å². The fraction of sp³-hybridized carbons (Fsp3) is 0.909. The smallest absolute Gasteiger partial charge is 0.234 e. The molecule has 1 aliphatic rings. The van der Waals surface area contributed by atoms with Gasteiger partial charge in [0.1, 0.15) is 0 Å². The van der Waals surface area contributed by atoms with Gasteiger partial charge < -0.3 is 11.1 Å². The number of nitrogens with two attached hydrogens (primary N) is 1. The van der Waals surface area contributed by atoms with Crippen molar-refractivity contribution in [1.29, 1.82) is 0 Å². The number of carbonyl (C=O) groups is 1. The minimum atomic E-state index is -0.256. The molecule has 82 valence electrons. The molecule has 0 radical (unpaired) electrons. The van der Waals surface area contributed by atoms with E-state index in [0.717, 1.165) is 18.4 Å². The Morgan fingerprint density at radius 1 is 1.57 bits per heavy atom. The van der Waals surface area contributed by atoms with E-state index in [9.17, 15) is 4.79 Å². The molecule has 3 nitrogen and oxygen atoms in total. The van der Waals surface area contributed by atoms with Gasteiger partial charge >= 0.3 is 0 Å². The maximum absolute atomic E-state index is 10.8. The van der Waals surface area contributed by atoms with Crippen LogP contribution in [-0.2, 0) is 4.79 Å². The Labute approximate surface area is 86.4 Å². The summed E-state index contributed by atoms with van der Waals surface area (Å²) in [6, 6.07) is -0.188. The van der Waals surface area contributed by atoms with Gasteiger partial charge in [0.15, 0.2) is 0 Å². The fourth-order valence-corrected chi connectivity index (χ4v) is 2.19. The van der Waals surface area contributed by atoms with Gasteiger partial charge in [0, 0.05) is 0 Å². The summed E-state index contributed by atoms with van der Waals surface area (Å²) >= 11 is 0. The van der Waals surface area contributed by atoms with Crippen molar-refractivity contribution in [1.82, 2.24) is 5.32 Å². The highest BCUT2D eigenvalue weighted by Crippen LogP contribution is 2.27. The van der Waals surface area contributed by atoms with E-state index in [2.05, 4.69) is 12.2 Å². The van der Waals surface area contributed by atoms with E-state index >= 15 is 0 Å². The Morgan fingerprint density at radius 2 is 2.29 bits per heavy atom. The molecule has 0 bridgehead atoms. The van der Waals surface area contributed by atoms with Crippen molar-refractivity contribution in [2.24, 2.45) is 17.6 Å². The van der Waals surface area contributed by atoms with E-state index in [4.69, 9.17) is 5.73 Å². The first kappa shape index (κ1) is 11.5. The van der Waals surface area contributed by atoms with Gasteiger partial charge in [-0.3, -0.25) is 4.79 Å². The number of nitrogens with one attached hydrogen (secondary N) is 1. The summed E-state index contributed by atoms with van der Waals surface area (Å²) < 4.78 is 0. The Balaban J connectivity index is 2.20. The third-order valence-corrected chi connectivity index (χ3v) is 3.18. The molecule has 0 aromatic carbocycles. The van der Waals surface area contributed by atoms with Gasteiger partial charge in [-0.1, -0.05) is 19.8 Å². The summed E-state index contributed by atoms with van der Waals surface area (Å²) in [5.41, 5.74) is 5.18. The maximum atomic E-state index is 10.8. The Kier molecular flexibility index (Phi) is 4.39. The largest absolute Gasteiger partial charge is 0.368 e. The van der Waals surface area contributed by atoms with E-state index in [1.165, 1.54) is 25.7 Å². The zero-order valence-corrected chi connectivity index (χ0v) is 9.25. The predicted molar refractivity (Wildman–Crippen MR) is 57.8 cm³/mol. The van der Waals surface area contributed by atoms with Crippen molar-refractivity contribution in [3.05, 3.63) is 0 Å². The van der Waals surface area contributed by atoms with Crippen molar-refractivity contribution in [3.8, 4) is 0 Å². The predicted octanol–water partition coefficient (Wildman–Crippen LogP) is 1.28.